The van der Waals surface area contributed by atoms with Gasteiger partial charge in [-0.2, -0.15) is 0 Å². The van der Waals surface area contributed by atoms with E-state index in [1.54, 1.807) is 7.11 Å². The maximum atomic E-state index is 11.9. The number of ether oxygens (including phenoxy) is 2. The summed E-state index contributed by atoms with van der Waals surface area (Å²) in [6.07, 6.45) is 2.06. The van der Waals surface area contributed by atoms with Gasteiger partial charge in [-0.15, -0.1) is 0 Å². The van der Waals surface area contributed by atoms with Gasteiger partial charge in [-0.3, -0.25) is 4.79 Å². The molecule has 1 aliphatic heterocycles. The second kappa shape index (κ2) is 8.89. The molecule has 1 N–H and O–H groups in total. The van der Waals surface area contributed by atoms with E-state index in [0.29, 0.717) is 13.0 Å². The Hall–Kier alpha value is -1.59. The first-order valence-corrected chi connectivity index (χ1v) is 8.35. The third-order valence-corrected chi connectivity index (χ3v) is 4.34. The van der Waals surface area contributed by atoms with Crippen molar-refractivity contribution in [1.29, 1.82) is 0 Å². The summed E-state index contributed by atoms with van der Waals surface area (Å²) in [5.74, 6) is 0.670. The quantitative estimate of drug-likeness (QED) is 0.782. The van der Waals surface area contributed by atoms with Gasteiger partial charge in [-0.25, -0.2) is 0 Å². The van der Waals surface area contributed by atoms with Gasteiger partial charge in [0.2, 0.25) is 0 Å². The van der Waals surface area contributed by atoms with E-state index in [9.17, 15) is 9.90 Å². The number of benzene rings is 1. The molecule has 2 atom stereocenters. The summed E-state index contributed by atoms with van der Waals surface area (Å²) in [6, 6.07) is 7.49. The smallest absolute Gasteiger partial charge is 0.310 e. The molecule has 0 aliphatic carbocycles. The summed E-state index contributed by atoms with van der Waals surface area (Å²) in [4.78, 5) is 14.1. The normalized spacial score (nSPS) is 20.0. The van der Waals surface area contributed by atoms with Crippen LogP contribution in [0.1, 0.15) is 37.9 Å². The van der Waals surface area contributed by atoms with Crippen molar-refractivity contribution in [2.75, 3.05) is 33.4 Å². The van der Waals surface area contributed by atoms with E-state index < -0.39 is 6.10 Å². The van der Waals surface area contributed by atoms with Crippen LogP contribution >= 0.6 is 0 Å². The number of rotatable bonds is 7. The molecule has 1 aromatic carbocycles. The zero-order chi connectivity index (χ0) is 16.7. The van der Waals surface area contributed by atoms with E-state index in [1.165, 1.54) is 0 Å². The number of methoxy groups -OCH3 is 1. The van der Waals surface area contributed by atoms with Gasteiger partial charge in [0, 0.05) is 13.1 Å². The Morgan fingerprint density at radius 3 is 2.78 bits per heavy atom. The van der Waals surface area contributed by atoms with E-state index in [2.05, 4.69) is 4.90 Å². The number of likely N-dealkylation sites (tertiary alicyclic amines) is 1. The minimum Gasteiger partial charge on any atom is -0.497 e. The van der Waals surface area contributed by atoms with Crippen LogP contribution < -0.4 is 4.74 Å². The molecule has 0 saturated carbocycles. The van der Waals surface area contributed by atoms with Gasteiger partial charge < -0.3 is 19.5 Å². The van der Waals surface area contributed by atoms with Gasteiger partial charge in [0.25, 0.3) is 0 Å². The molecule has 2 rings (SSSR count). The van der Waals surface area contributed by atoms with Crippen molar-refractivity contribution in [2.45, 2.75) is 32.3 Å². The van der Waals surface area contributed by atoms with Crippen molar-refractivity contribution < 1.29 is 19.4 Å². The molecule has 1 fully saturated rings. The van der Waals surface area contributed by atoms with Crippen molar-refractivity contribution in [1.82, 2.24) is 4.90 Å². The molecule has 0 bridgehead atoms. The Kier molecular flexibility index (Phi) is 6.86. The van der Waals surface area contributed by atoms with Crippen molar-refractivity contribution in [3.63, 3.8) is 0 Å². The van der Waals surface area contributed by atoms with Crippen LogP contribution in [0.4, 0.5) is 0 Å². The molecule has 1 aliphatic rings. The Balaban J connectivity index is 1.80. The Bertz CT molecular complexity index is 488. The zero-order valence-electron chi connectivity index (χ0n) is 14.0. The van der Waals surface area contributed by atoms with Gasteiger partial charge in [0.1, 0.15) is 5.75 Å². The Labute approximate surface area is 138 Å². The fourth-order valence-electron chi connectivity index (χ4n) is 3.01. The SMILES string of the molecule is CCOC(=O)C1CCCN(CCC(O)c2ccc(OC)cc2)C1. The summed E-state index contributed by atoms with van der Waals surface area (Å²) in [5.41, 5.74) is 0.893. The second-order valence-electron chi connectivity index (χ2n) is 5.97. The van der Waals surface area contributed by atoms with E-state index in [0.717, 1.165) is 43.8 Å². The average Bonchev–Trinajstić information content (AvgIpc) is 2.60. The number of aliphatic hydroxyl groups is 1. The molecule has 5 nitrogen and oxygen atoms in total. The minimum absolute atomic E-state index is 0.0261. The van der Waals surface area contributed by atoms with Crippen LogP contribution in [0.5, 0.6) is 5.75 Å². The maximum absolute atomic E-state index is 11.9. The van der Waals surface area contributed by atoms with Crippen LogP contribution in [0.15, 0.2) is 24.3 Å². The summed E-state index contributed by atoms with van der Waals surface area (Å²) in [5, 5.41) is 10.3. The Morgan fingerprint density at radius 1 is 1.39 bits per heavy atom. The summed E-state index contributed by atoms with van der Waals surface area (Å²) >= 11 is 0. The van der Waals surface area contributed by atoms with Crippen LogP contribution in [-0.2, 0) is 9.53 Å². The number of aliphatic hydroxyl groups excluding tert-OH is 1. The van der Waals surface area contributed by atoms with E-state index in [1.807, 2.05) is 31.2 Å². The van der Waals surface area contributed by atoms with E-state index in [4.69, 9.17) is 9.47 Å². The number of hydrogen-bond acceptors (Lipinski definition) is 5. The van der Waals surface area contributed by atoms with Gasteiger partial charge in [0.05, 0.1) is 25.7 Å². The van der Waals surface area contributed by atoms with Crippen molar-refractivity contribution in [3.05, 3.63) is 29.8 Å². The molecule has 23 heavy (non-hydrogen) atoms. The molecular weight excluding hydrogens is 294 g/mol. The fraction of sp³-hybridized carbons (Fsp3) is 0.611. The van der Waals surface area contributed by atoms with E-state index in [-0.39, 0.29) is 11.9 Å². The molecular formula is C18H27NO4. The third kappa shape index (κ3) is 5.22. The lowest BCUT2D eigenvalue weighted by atomic mass is 9.97. The topological polar surface area (TPSA) is 59.0 Å². The molecule has 0 radical (unpaired) electrons. The lowest BCUT2D eigenvalue weighted by Gasteiger charge is -2.32. The van der Waals surface area contributed by atoms with Crippen LogP contribution in [0.3, 0.4) is 0 Å². The molecule has 5 heteroatoms. The standard InChI is InChI=1S/C18H27NO4/c1-3-23-18(21)15-5-4-11-19(13-15)12-10-17(20)14-6-8-16(22-2)9-7-14/h6-9,15,17,20H,3-5,10-13H2,1-2H3. The molecule has 1 aromatic rings. The predicted octanol–water partition coefficient (Wildman–Crippen LogP) is 2.39. The molecule has 1 saturated heterocycles. The average molecular weight is 321 g/mol. The summed E-state index contributed by atoms with van der Waals surface area (Å²) in [6.45, 7) is 4.76. The lowest BCUT2D eigenvalue weighted by molar-refractivity contribution is -0.149. The van der Waals surface area contributed by atoms with Gasteiger partial charge >= 0.3 is 5.97 Å². The monoisotopic (exact) mass is 321 g/mol. The third-order valence-electron chi connectivity index (χ3n) is 4.34. The molecule has 1 heterocycles. The first-order chi connectivity index (χ1) is 11.1. The first-order valence-electron chi connectivity index (χ1n) is 8.35. The second-order valence-corrected chi connectivity index (χ2v) is 5.97. The van der Waals surface area contributed by atoms with E-state index >= 15 is 0 Å². The van der Waals surface area contributed by atoms with Crippen LogP contribution in [0.2, 0.25) is 0 Å². The number of nitrogens with zero attached hydrogens (tertiary/aromatic N) is 1. The highest BCUT2D eigenvalue weighted by molar-refractivity contribution is 5.72. The molecule has 128 valence electrons. The van der Waals surface area contributed by atoms with Crippen LogP contribution in [0.25, 0.3) is 0 Å². The van der Waals surface area contributed by atoms with Crippen LogP contribution in [0, 0.1) is 5.92 Å². The largest absolute Gasteiger partial charge is 0.497 e. The molecule has 0 aromatic heterocycles. The van der Waals surface area contributed by atoms with Crippen molar-refractivity contribution in [2.24, 2.45) is 5.92 Å². The Morgan fingerprint density at radius 2 is 2.13 bits per heavy atom. The van der Waals surface area contributed by atoms with Crippen LogP contribution in [-0.4, -0.2) is 49.3 Å². The molecule has 0 spiro atoms. The number of hydrogen-bond donors (Lipinski definition) is 1. The maximum Gasteiger partial charge on any atom is 0.310 e. The van der Waals surface area contributed by atoms with Crippen molar-refractivity contribution in [3.8, 4) is 5.75 Å². The highest BCUT2D eigenvalue weighted by Crippen LogP contribution is 2.23. The number of esters is 1. The summed E-state index contributed by atoms with van der Waals surface area (Å²) in [7, 11) is 1.63. The number of carbonyl (C=O) groups excluding carboxylic acids is 1. The highest BCUT2D eigenvalue weighted by Gasteiger charge is 2.26. The predicted molar refractivity (Wildman–Crippen MR) is 88.4 cm³/mol. The fourth-order valence-corrected chi connectivity index (χ4v) is 3.01. The zero-order valence-corrected chi connectivity index (χ0v) is 14.0. The number of piperidine rings is 1. The highest BCUT2D eigenvalue weighted by atomic mass is 16.5. The summed E-state index contributed by atoms with van der Waals surface area (Å²) < 4.78 is 10.2. The lowest BCUT2D eigenvalue weighted by Crippen LogP contribution is -2.40. The van der Waals surface area contributed by atoms with Gasteiger partial charge in [-0.05, 0) is 50.4 Å². The van der Waals surface area contributed by atoms with Crippen molar-refractivity contribution >= 4 is 5.97 Å². The first kappa shape index (κ1) is 17.8. The van der Waals surface area contributed by atoms with Gasteiger partial charge in [0.15, 0.2) is 0 Å². The number of carbonyl (C=O) groups is 1. The van der Waals surface area contributed by atoms with Gasteiger partial charge in [-0.1, -0.05) is 12.1 Å². The molecule has 2 unspecified atom stereocenters. The molecule has 0 amide bonds. The minimum atomic E-state index is -0.496.